The first kappa shape index (κ1) is 17.8. The van der Waals surface area contributed by atoms with E-state index in [1.54, 1.807) is 11.0 Å². The highest BCUT2D eigenvalue weighted by molar-refractivity contribution is 6.31. The predicted molar refractivity (Wildman–Crippen MR) is 94.8 cm³/mol. The third-order valence-corrected chi connectivity index (χ3v) is 4.82. The van der Waals surface area contributed by atoms with Crippen molar-refractivity contribution in [3.05, 3.63) is 35.0 Å². The third-order valence-electron chi connectivity index (χ3n) is 4.59. The first-order valence-corrected chi connectivity index (χ1v) is 8.77. The van der Waals surface area contributed by atoms with Crippen molar-refractivity contribution >= 4 is 34.4 Å². The average molecular weight is 365 g/mol. The lowest BCUT2D eigenvalue weighted by Gasteiger charge is -2.34. The van der Waals surface area contributed by atoms with Crippen LogP contribution >= 0.6 is 11.6 Å². The Hall–Kier alpha value is -2.05. The van der Waals surface area contributed by atoms with Crippen LogP contribution in [0.1, 0.15) is 24.8 Å². The minimum absolute atomic E-state index is 0.0419. The van der Waals surface area contributed by atoms with Crippen molar-refractivity contribution < 1.29 is 19.4 Å². The maximum atomic E-state index is 12.9. The largest absolute Gasteiger partial charge is 0.481 e. The normalized spacial score (nSPS) is 15.4. The molecule has 25 heavy (non-hydrogen) atoms. The Labute approximate surface area is 150 Å². The Morgan fingerprint density at radius 3 is 2.80 bits per heavy atom. The van der Waals surface area contributed by atoms with Crippen molar-refractivity contribution in [3.63, 3.8) is 0 Å². The highest BCUT2D eigenvalue weighted by Gasteiger charge is 2.26. The van der Waals surface area contributed by atoms with E-state index in [0.717, 1.165) is 29.3 Å². The predicted octanol–water partition coefficient (Wildman–Crippen LogP) is 2.85. The van der Waals surface area contributed by atoms with Gasteiger partial charge in [-0.2, -0.15) is 0 Å². The molecular weight excluding hydrogens is 344 g/mol. The van der Waals surface area contributed by atoms with Gasteiger partial charge in [0.2, 0.25) is 5.91 Å². The van der Waals surface area contributed by atoms with Gasteiger partial charge in [-0.25, -0.2) is 0 Å². The van der Waals surface area contributed by atoms with E-state index in [-0.39, 0.29) is 31.3 Å². The number of nitrogens with one attached hydrogen (secondary N) is 1. The molecule has 7 heteroatoms. The number of aromatic nitrogens is 1. The Morgan fingerprint density at radius 2 is 2.08 bits per heavy atom. The molecule has 1 aliphatic rings. The number of H-pyrrole nitrogens is 1. The van der Waals surface area contributed by atoms with Crippen LogP contribution < -0.4 is 0 Å². The average Bonchev–Trinajstić information content (AvgIpc) is 2.97. The van der Waals surface area contributed by atoms with E-state index in [9.17, 15) is 9.59 Å². The number of hydrogen-bond donors (Lipinski definition) is 2. The number of benzene rings is 1. The summed E-state index contributed by atoms with van der Waals surface area (Å²) in [7, 11) is 0. The minimum atomic E-state index is -0.897. The second kappa shape index (κ2) is 7.89. The number of nitrogens with zero attached hydrogens (tertiary/aromatic N) is 1. The van der Waals surface area contributed by atoms with Gasteiger partial charge in [0.1, 0.15) is 0 Å². The standard InChI is InChI=1S/C18H21ClN2O4/c19-13-1-2-15-12(11-20-16(15)10-13)9-17(22)21(6-3-18(23)24)14-4-7-25-8-5-14/h1-2,10-11,14,20H,3-9H2,(H,23,24). The molecular formula is C18H21ClN2O4. The third kappa shape index (κ3) is 4.32. The van der Waals surface area contributed by atoms with Crippen molar-refractivity contribution in [1.29, 1.82) is 0 Å². The zero-order chi connectivity index (χ0) is 17.8. The molecule has 2 aromatic rings. The summed E-state index contributed by atoms with van der Waals surface area (Å²) in [6, 6.07) is 5.56. The molecule has 0 unspecified atom stereocenters. The van der Waals surface area contributed by atoms with Crippen LogP contribution in [0.4, 0.5) is 0 Å². The van der Waals surface area contributed by atoms with Crippen molar-refractivity contribution in [1.82, 2.24) is 9.88 Å². The van der Waals surface area contributed by atoms with Crippen LogP contribution in [0.3, 0.4) is 0 Å². The van der Waals surface area contributed by atoms with E-state index in [1.807, 2.05) is 18.3 Å². The van der Waals surface area contributed by atoms with Crippen LogP contribution in [0.2, 0.25) is 5.02 Å². The molecule has 2 N–H and O–H groups in total. The van der Waals surface area contributed by atoms with Crippen LogP contribution in [0.25, 0.3) is 10.9 Å². The van der Waals surface area contributed by atoms with Crippen molar-refractivity contribution in [2.45, 2.75) is 31.7 Å². The molecule has 0 radical (unpaired) electrons. The lowest BCUT2D eigenvalue weighted by molar-refractivity contribution is -0.140. The van der Waals surface area contributed by atoms with E-state index in [0.29, 0.717) is 18.2 Å². The highest BCUT2D eigenvalue weighted by atomic mass is 35.5. The first-order chi connectivity index (χ1) is 12.0. The fourth-order valence-electron chi connectivity index (χ4n) is 3.29. The van der Waals surface area contributed by atoms with Gasteiger partial charge in [-0.3, -0.25) is 9.59 Å². The van der Waals surface area contributed by atoms with Gasteiger partial charge in [0.05, 0.1) is 12.8 Å². The molecule has 1 aliphatic heterocycles. The number of halogens is 1. The molecule has 1 saturated heterocycles. The number of aliphatic carboxylic acids is 1. The van der Waals surface area contributed by atoms with Crippen molar-refractivity contribution in [2.75, 3.05) is 19.8 Å². The van der Waals surface area contributed by atoms with E-state index in [1.165, 1.54) is 0 Å². The molecule has 1 aromatic carbocycles. The zero-order valence-electron chi connectivity index (χ0n) is 13.8. The summed E-state index contributed by atoms with van der Waals surface area (Å²) in [6.45, 7) is 1.44. The van der Waals surface area contributed by atoms with E-state index in [2.05, 4.69) is 4.98 Å². The molecule has 134 valence electrons. The number of aromatic amines is 1. The molecule has 0 bridgehead atoms. The quantitative estimate of drug-likeness (QED) is 0.825. The molecule has 1 amide bonds. The van der Waals surface area contributed by atoms with Crippen LogP contribution in [-0.2, 0) is 20.7 Å². The number of fused-ring (bicyclic) bond motifs is 1. The number of rotatable bonds is 6. The summed E-state index contributed by atoms with van der Waals surface area (Å²) in [5, 5.41) is 10.6. The Morgan fingerprint density at radius 1 is 1.32 bits per heavy atom. The second-order valence-electron chi connectivity index (χ2n) is 6.26. The van der Waals surface area contributed by atoms with Crippen molar-refractivity contribution in [2.24, 2.45) is 0 Å². The molecule has 0 aliphatic carbocycles. The van der Waals surface area contributed by atoms with Gasteiger partial charge in [0, 0.05) is 47.9 Å². The summed E-state index contributed by atoms with van der Waals surface area (Å²) in [5.41, 5.74) is 1.78. The maximum Gasteiger partial charge on any atom is 0.305 e. The van der Waals surface area contributed by atoms with Gasteiger partial charge in [0.15, 0.2) is 0 Å². The fourth-order valence-corrected chi connectivity index (χ4v) is 3.47. The Balaban J connectivity index is 1.77. The number of carbonyl (C=O) groups is 2. The summed E-state index contributed by atoms with van der Waals surface area (Å²) < 4.78 is 5.36. The minimum Gasteiger partial charge on any atom is -0.481 e. The van der Waals surface area contributed by atoms with Gasteiger partial charge >= 0.3 is 5.97 Å². The van der Waals surface area contributed by atoms with E-state index < -0.39 is 5.97 Å². The number of ether oxygens (including phenoxy) is 1. The van der Waals surface area contributed by atoms with Gasteiger partial charge in [-0.1, -0.05) is 17.7 Å². The topological polar surface area (TPSA) is 82.6 Å². The molecule has 0 atom stereocenters. The van der Waals surface area contributed by atoms with Gasteiger partial charge in [-0.05, 0) is 30.5 Å². The SMILES string of the molecule is O=C(O)CCN(C(=O)Cc1c[nH]c2cc(Cl)ccc12)C1CCOCC1. The molecule has 0 spiro atoms. The van der Waals surface area contributed by atoms with Crippen LogP contribution in [0, 0.1) is 0 Å². The summed E-state index contributed by atoms with van der Waals surface area (Å²) >= 11 is 5.99. The molecule has 1 aromatic heterocycles. The van der Waals surface area contributed by atoms with Crippen LogP contribution in [0.5, 0.6) is 0 Å². The molecule has 1 fully saturated rings. The van der Waals surface area contributed by atoms with Gasteiger partial charge in [0.25, 0.3) is 0 Å². The fraction of sp³-hybridized carbons (Fsp3) is 0.444. The Kier molecular flexibility index (Phi) is 5.60. The Bertz CT molecular complexity index is 768. The monoisotopic (exact) mass is 364 g/mol. The number of carbonyl (C=O) groups excluding carboxylic acids is 1. The van der Waals surface area contributed by atoms with Gasteiger partial charge in [-0.15, -0.1) is 0 Å². The molecule has 2 heterocycles. The first-order valence-electron chi connectivity index (χ1n) is 8.39. The van der Waals surface area contributed by atoms with Crippen molar-refractivity contribution in [3.8, 4) is 0 Å². The molecule has 0 saturated carbocycles. The van der Waals surface area contributed by atoms with E-state index in [4.69, 9.17) is 21.4 Å². The lowest BCUT2D eigenvalue weighted by atomic mass is 10.0. The second-order valence-corrected chi connectivity index (χ2v) is 6.69. The zero-order valence-corrected chi connectivity index (χ0v) is 14.6. The molecule has 3 rings (SSSR count). The lowest BCUT2D eigenvalue weighted by Crippen LogP contribution is -2.45. The number of carboxylic acids is 1. The summed E-state index contributed by atoms with van der Waals surface area (Å²) in [5.74, 6) is -0.949. The van der Waals surface area contributed by atoms with Gasteiger partial charge < -0.3 is 19.7 Å². The van der Waals surface area contributed by atoms with E-state index >= 15 is 0 Å². The number of amides is 1. The summed E-state index contributed by atoms with van der Waals surface area (Å²) in [4.78, 5) is 28.7. The number of carboxylic acid groups (broad SMARTS) is 1. The van der Waals surface area contributed by atoms with Crippen LogP contribution in [0.15, 0.2) is 24.4 Å². The van der Waals surface area contributed by atoms with Crippen LogP contribution in [-0.4, -0.2) is 52.7 Å². The highest BCUT2D eigenvalue weighted by Crippen LogP contribution is 2.24. The maximum absolute atomic E-state index is 12.9. The smallest absolute Gasteiger partial charge is 0.305 e. The summed E-state index contributed by atoms with van der Waals surface area (Å²) in [6.07, 6.45) is 3.49. The molecule has 6 nitrogen and oxygen atoms in total. The number of hydrogen-bond acceptors (Lipinski definition) is 3.